The molecule has 0 bridgehead atoms. The summed E-state index contributed by atoms with van der Waals surface area (Å²) in [6, 6.07) is 7.39. The molecule has 0 aliphatic heterocycles. The first-order valence-electron chi connectivity index (χ1n) is 6.76. The first-order valence-corrected chi connectivity index (χ1v) is 6.76. The highest BCUT2D eigenvalue weighted by molar-refractivity contribution is 5.76. The Morgan fingerprint density at radius 3 is 2.50 bits per heavy atom. The van der Waals surface area contributed by atoms with Gasteiger partial charge in [0.05, 0.1) is 13.0 Å². The average molecular weight is 278 g/mol. The molecule has 0 saturated heterocycles. The Morgan fingerprint density at radius 1 is 1.25 bits per heavy atom. The molecule has 1 unspecified atom stereocenters. The smallest absolute Gasteiger partial charge is 0.315 e. The molecule has 0 aromatic heterocycles. The Bertz CT molecular complexity index is 443. The van der Waals surface area contributed by atoms with Gasteiger partial charge in [-0.05, 0) is 26.3 Å². The molecule has 20 heavy (non-hydrogen) atoms. The van der Waals surface area contributed by atoms with Crippen LogP contribution < -0.4 is 10.6 Å². The van der Waals surface area contributed by atoms with Crippen molar-refractivity contribution in [2.75, 3.05) is 6.61 Å². The van der Waals surface area contributed by atoms with Crippen LogP contribution >= 0.6 is 0 Å². The number of aryl methyl sites for hydroxylation is 1. The third-order valence-electron chi connectivity index (χ3n) is 2.73. The third-order valence-corrected chi connectivity index (χ3v) is 2.73. The van der Waals surface area contributed by atoms with Crippen LogP contribution in [-0.2, 0) is 16.1 Å². The molecule has 1 atom stereocenters. The summed E-state index contributed by atoms with van der Waals surface area (Å²) in [5, 5.41) is 5.45. The normalized spacial score (nSPS) is 11.6. The van der Waals surface area contributed by atoms with Crippen LogP contribution in [0, 0.1) is 6.92 Å². The Hall–Kier alpha value is -2.04. The summed E-state index contributed by atoms with van der Waals surface area (Å²) in [7, 11) is 0. The zero-order chi connectivity index (χ0) is 15.0. The van der Waals surface area contributed by atoms with Crippen molar-refractivity contribution in [3.63, 3.8) is 0 Å². The number of amides is 2. The zero-order valence-corrected chi connectivity index (χ0v) is 12.2. The second kappa shape index (κ2) is 8.19. The highest BCUT2D eigenvalue weighted by Gasteiger charge is 2.12. The number of benzene rings is 1. The molecule has 0 aliphatic rings. The molecule has 5 nitrogen and oxygen atoms in total. The summed E-state index contributed by atoms with van der Waals surface area (Å²) in [4.78, 5) is 22.9. The van der Waals surface area contributed by atoms with Crippen molar-refractivity contribution >= 4 is 12.0 Å². The molecule has 1 rings (SSSR count). The molecule has 0 spiro atoms. The minimum atomic E-state index is -0.307. The van der Waals surface area contributed by atoms with Gasteiger partial charge in [0.1, 0.15) is 0 Å². The number of hydrogen-bond donors (Lipinski definition) is 2. The van der Waals surface area contributed by atoms with Crippen LogP contribution in [0.25, 0.3) is 0 Å². The molecule has 0 aliphatic carbocycles. The van der Waals surface area contributed by atoms with Gasteiger partial charge in [-0.3, -0.25) is 4.79 Å². The van der Waals surface area contributed by atoms with E-state index in [0.29, 0.717) is 13.2 Å². The van der Waals surface area contributed by atoms with E-state index >= 15 is 0 Å². The maximum absolute atomic E-state index is 11.7. The maximum atomic E-state index is 11.7. The molecule has 0 fully saturated rings. The van der Waals surface area contributed by atoms with Crippen LogP contribution in [0.4, 0.5) is 4.79 Å². The van der Waals surface area contributed by atoms with Gasteiger partial charge in [0.2, 0.25) is 0 Å². The van der Waals surface area contributed by atoms with E-state index in [-0.39, 0.29) is 24.5 Å². The lowest BCUT2D eigenvalue weighted by atomic mass is 10.1. The quantitative estimate of drug-likeness (QED) is 0.783. The van der Waals surface area contributed by atoms with Crippen molar-refractivity contribution in [2.45, 2.75) is 39.8 Å². The number of nitrogens with one attached hydrogen (secondary N) is 2. The van der Waals surface area contributed by atoms with E-state index < -0.39 is 0 Å². The monoisotopic (exact) mass is 278 g/mol. The highest BCUT2D eigenvalue weighted by atomic mass is 16.5. The summed E-state index contributed by atoms with van der Waals surface area (Å²) < 4.78 is 4.82. The fraction of sp³-hybridized carbons (Fsp3) is 0.467. The van der Waals surface area contributed by atoms with E-state index in [0.717, 1.165) is 5.56 Å². The van der Waals surface area contributed by atoms with Crippen LogP contribution in [0.1, 0.15) is 31.4 Å². The second-order valence-corrected chi connectivity index (χ2v) is 4.72. The van der Waals surface area contributed by atoms with E-state index in [9.17, 15) is 9.59 Å². The SMILES string of the molecule is CCOC(=O)CC(C)NC(=O)NCc1ccc(C)cc1. The Morgan fingerprint density at radius 2 is 1.90 bits per heavy atom. The highest BCUT2D eigenvalue weighted by Crippen LogP contribution is 2.02. The van der Waals surface area contributed by atoms with Gasteiger partial charge in [0.25, 0.3) is 0 Å². The number of ether oxygens (including phenoxy) is 1. The van der Waals surface area contributed by atoms with Crippen molar-refractivity contribution in [3.8, 4) is 0 Å². The number of carbonyl (C=O) groups is 2. The summed E-state index contributed by atoms with van der Waals surface area (Å²) in [6.07, 6.45) is 0.172. The topological polar surface area (TPSA) is 67.4 Å². The van der Waals surface area contributed by atoms with Crippen molar-refractivity contribution in [1.29, 1.82) is 0 Å². The molecular weight excluding hydrogens is 256 g/mol. The van der Waals surface area contributed by atoms with E-state index in [1.165, 1.54) is 5.56 Å². The number of hydrogen-bond acceptors (Lipinski definition) is 3. The Kier molecular flexibility index (Phi) is 6.56. The first-order chi connectivity index (χ1) is 9.51. The number of carbonyl (C=O) groups excluding carboxylic acids is 2. The van der Waals surface area contributed by atoms with Crippen molar-refractivity contribution < 1.29 is 14.3 Å². The maximum Gasteiger partial charge on any atom is 0.315 e. The second-order valence-electron chi connectivity index (χ2n) is 4.72. The first kappa shape index (κ1) is 16.0. The molecule has 2 amide bonds. The van der Waals surface area contributed by atoms with Crippen LogP contribution in [-0.4, -0.2) is 24.6 Å². The molecule has 0 heterocycles. The number of esters is 1. The average Bonchev–Trinajstić information content (AvgIpc) is 2.38. The molecular formula is C15H22N2O3. The number of rotatable bonds is 6. The van der Waals surface area contributed by atoms with Crippen LogP contribution in [0.3, 0.4) is 0 Å². The van der Waals surface area contributed by atoms with Crippen LogP contribution in [0.5, 0.6) is 0 Å². The lowest BCUT2D eigenvalue weighted by molar-refractivity contribution is -0.143. The predicted octanol–water partition coefficient (Wildman–Crippen LogP) is 2.14. The van der Waals surface area contributed by atoms with Crippen molar-refractivity contribution in [1.82, 2.24) is 10.6 Å². The van der Waals surface area contributed by atoms with Crippen LogP contribution in [0.2, 0.25) is 0 Å². The molecule has 110 valence electrons. The van der Waals surface area contributed by atoms with Crippen LogP contribution in [0.15, 0.2) is 24.3 Å². The van der Waals surface area contributed by atoms with Crippen molar-refractivity contribution in [3.05, 3.63) is 35.4 Å². The minimum absolute atomic E-state index is 0.172. The molecule has 0 saturated carbocycles. The molecule has 2 N–H and O–H groups in total. The van der Waals surface area contributed by atoms with E-state index in [2.05, 4.69) is 10.6 Å². The predicted molar refractivity (Wildman–Crippen MR) is 77.3 cm³/mol. The van der Waals surface area contributed by atoms with Crippen molar-refractivity contribution in [2.24, 2.45) is 0 Å². The fourth-order valence-electron chi connectivity index (χ4n) is 1.68. The molecule has 1 aromatic carbocycles. The van der Waals surface area contributed by atoms with E-state index in [4.69, 9.17) is 4.74 Å². The Labute approximate surface area is 119 Å². The van der Waals surface area contributed by atoms with Gasteiger partial charge in [-0.25, -0.2) is 4.79 Å². The third kappa shape index (κ3) is 6.22. The van der Waals surface area contributed by atoms with Gasteiger partial charge in [-0.2, -0.15) is 0 Å². The molecule has 0 radical (unpaired) electrons. The zero-order valence-electron chi connectivity index (χ0n) is 12.2. The Balaban J connectivity index is 2.29. The van der Waals surface area contributed by atoms with Gasteiger partial charge in [-0.15, -0.1) is 0 Å². The van der Waals surface area contributed by atoms with Gasteiger partial charge < -0.3 is 15.4 Å². The molecule has 1 aromatic rings. The number of urea groups is 1. The molecule has 5 heteroatoms. The lowest BCUT2D eigenvalue weighted by Crippen LogP contribution is -2.41. The van der Waals surface area contributed by atoms with Gasteiger partial charge >= 0.3 is 12.0 Å². The largest absolute Gasteiger partial charge is 0.466 e. The summed E-state index contributed by atoms with van der Waals surface area (Å²) in [5.41, 5.74) is 2.21. The van der Waals surface area contributed by atoms with Gasteiger partial charge in [-0.1, -0.05) is 29.8 Å². The fourth-order valence-corrected chi connectivity index (χ4v) is 1.68. The summed E-state index contributed by atoms with van der Waals surface area (Å²) >= 11 is 0. The van der Waals surface area contributed by atoms with Gasteiger partial charge in [0.15, 0.2) is 0 Å². The lowest BCUT2D eigenvalue weighted by Gasteiger charge is -2.14. The summed E-state index contributed by atoms with van der Waals surface area (Å²) in [5.74, 6) is -0.307. The van der Waals surface area contributed by atoms with Gasteiger partial charge in [0, 0.05) is 12.6 Å². The minimum Gasteiger partial charge on any atom is -0.466 e. The standard InChI is InChI=1S/C15H22N2O3/c1-4-20-14(18)9-12(3)17-15(19)16-10-13-7-5-11(2)6-8-13/h5-8,12H,4,9-10H2,1-3H3,(H2,16,17,19). The van der Waals surface area contributed by atoms with E-state index in [1.807, 2.05) is 31.2 Å². The summed E-state index contributed by atoms with van der Waals surface area (Å²) in [6.45, 7) is 6.34. The van der Waals surface area contributed by atoms with E-state index in [1.54, 1.807) is 13.8 Å².